The predicted octanol–water partition coefficient (Wildman–Crippen LogP) is 3.08. The molecule has 0 amide bonds. The first kappa shape index (κ1) is 7.33. The predicted molar refractivity (Wildman–Crippen MR) is 45.8 cm³/mol. The normalized spacial score (nSPS) is 25.4. The molecule has 0 aromatic carbocycles. The Balaban J connectivity index is 2.55. The van der Waals surface area contributed by atoms with Gasteiger partial charge in [0, 0.05) is 0 Å². The van der Waals surface area contributed by atoms with Crippen LogP contribution in [0, 0.1) is 5.92 Å². The molecule has 10 heavy (non-hydrogen) atoms. The van der Waals surface area contributed by atoms with Crippen molar-refractivity contribution in [2.45, 2.75) is 20.3 Å². The fraction of sp³-hybridized carbons (Fsp3) is 0.400. The molecule has 0 saturated carbocycles. The number of allylic oxidation sites excluding steroid dienone is 6. The minimum Gasteiger partial charge on any atom is -0.0911 e. The topological polar surface area (TPSA) is 0 Å². The number of hydrogen-bond donors (Lipinski definition) is 0. The quantitative estimate of drug-likeness (QED) is 0.483. The van der Waals surface area contributed by atoms with Crippen molar-refractivity contribution in [2.24, 2.45) is 5.92 Å². The fourth-order valence-electron chi connectivity index (χ4n) is 1.25. The summed E-state index contributed by atoms with van der Waals surface area (Å²) in [6.07, 6.45) is 12.1. The van der Waals surface area contributed by atoms with Crippen LogP contribution in [0.1, 0.15) is 20.3 Å². The van der Waals surface area contributed by atoms with Gasteiger partial charge in [-0.25, -0.2) is 0 Å². The monoisotopic (exact) mass is 134 g/mol. The maximum atomic E-state index is 2.24. The van der Waals surface area contributed by atoms with E-state index in [0.717, 1.165) is 0 Å². The third-order valence-electron chi connectivity index (χ3n) is 1.74. The zero-order chi connectivity index (χ0) is 7.40. The van der Waals surface area contributed by atoms with E-state index in [9.17, 15) is 0 Å². The lowest BCUT2D eigenvalue weighted by Gasteiger charge is -2.10. The largest absolute Gasteiger partial charge is 0.0911 e. The van der Waals surface area contributed by atoms with Crippen LogP contribution in [0.4, 0.5) is 0 Å². The summed E-state index contributed by atoms with van der Waals surface area (Å²) in [5, 5.41) is 0. The van der Waals surface area contributed by atoms with Crippen molar-refractivity contribution in [2.75, 3.05) is 0 Å². The molecule has 1 atom stereocenters. The lowest BCUT2D eigenvalue weighted by Crippen LogP contribution is -1.95. The van der Waals surface area contributed by atoms with E-state index in [-0.39, 0.29) is 0 Å². The molecule has 0 heterocycles. The molecule has 0 aromatic rings. The maximum Gasteiger partial charge on any atom is -0.00133 e. The molecular formula is C10H14. The van der Waals surface area contributed by atoms with Crippen LogP contribution in [0.25, 0.3) is 0 Å². The Morgan fingerprint density at radius 1 is 1.60 bits per heavy atom. The van der Waals surface area contributed by atoms with Gasteiger partial charge in [0.15, 0.2) is 0 Å². The average Bonchev–Trinajstić information content (AvgIpc) is 1.88. The molecule has 1 aliphatic carbocycles. The van der Waals surface area contributed by atoms with Gasteiger partial charge in [-0.15, -0.1) is 0 Å². The van der Waals surface area contributed by atoms with Crippen molar-refractivity contribution in [3.8, 4) is 0 Å². The van der Waals surface area contributed by atoms with Crippen molar-refractivity contribution in [1.29, 1.82) is 0 Å². The maximum absolute atomic E-state index is 2.24. The Morgan fingerprint density at radius 2 is 2.40 bits per heavy atom. The van der Waals surface area contributed by atoms with Crippen molar-refractivity contribution >= 4 is 0 Å². The lowest BCUT2D eigenvalue weighted by atomic mass is 9.95. The van der Waals surface area contributed by atoms with E-state index in [4.69, 9.17) is 0 Å². The summed E-state index contributed by atoms with van der Waals surface area (Å²) in [6, 6.07) is 0. The molecule has 54 valence electrons. The van der Waals surface area contributed by atoms with Crippen molar-refractivity contribution in [3.05, 3.63) is 36.0 Å². The Bertz CT molecular complexity index is 182. The lowest BCUT2D eigenvalue weighted by molar-refractivity contribution is 0.782. The van der Waals surface area contributed by atoms with Crippen molar-refractivity contribution in [3.63, 3.8) is 0 Å². The van der Waals surface area contributed by atoms with Gasteiger partial charge >= 0.3 is 0 Å². The Labute approximate surface area is 62.9 Å². The van der Waals surface area contributed by atoms with E-state index in [1.807, 2.05) is 0 Å². The Hall–Kier alpha value is -0.780. The molecule has 0 aliphatic heterocycles. The van der Waals surface area contributed by atoms with Crippen LogP contribution in [0.15, 0.2) is 36.0 Å². The molecule has 0 heteroatoms. The van der Waals surface area contributed by atoms with Gasteiger partial charge in [-0.1, -0.05) is 36.0 Å². The van der Waals surface area contributed by atoms with Gasteiger partial charge in [0.2, 0.25) is 0 Å². The fourth-order valence-corrected chi connectivity index (χ4v) is 1.25. The van der Waals surface area contributed by atoms with E-state index >= 15 is 0 Å². The van der Waals surface area contributed by atoms with Crippen LogP contribution < -0.4 is 0 Å². The second kappa shape index (κ2) is 3.40. The van der Waals surface area contributed by atoms with Crippen LogP contribution in [0.3, 0.4) is 0 Å². The smallest absolute Gasteiger partial charge is 0.00133 e. The second-order valence-electron chi connectivity index (χ2n) is 2.79. The number of rotatable bonds is 1. The summed E-state index contributed by atoms with van der Waals surface area (Å²) in [5.74, 6) is 0.648. The molecule has 0 N–H and O–H groups in total. The summed E-state index contributed by atoms with van der Waals surface area (Å²) in [6.45, 7) is 4.25. The van der Waals surface area contributed by atoms with Crippen molar-refractivity contribution < 1.29 is 0 Å². The third-order valence-corrected chi connectivity index (χ3v) is 1.74. The molecule has 0 aromatic heterocycles. The van der Waals surface area contributed by atoms with Gasteiger partial charge in [-0.3, -0.25) is 0 Å². The molecule has 0 fully saturated rings. The summed E-state index contributed by atoms with van der Waals surface area (Å²) in [4.78, 5) is 0. The highest BCUT2D eigenvalue weighted by Crippen LogP contribution is 2.18. The van der Waals surface area contributed by atoms with Gasteiger partial charge in [-0.2, -0.15) is 0 Å². The first-order valence-corrected chi connectivity index (χ1v) is 3.79. The second-order valence-corrected chi connectivity index (χ2v) is 2.79. The summed E-state index contributed by atoms with van der Waals surface area (Å²) in [7, 11) is 0. The van der Waals surface area contributed by atoms with E-state index < -0.39 is 0 Å². The summed E-state index contributed by atoms with van der Waals surface area (Å²) < 4.78 is 0. The molecule has 0 spiro atoms. The zero-order valence-corrected chi connectivity index (χ0v) is 6.67. The van der Waals surface area contributed by atoms with Crippen LogP contribution >= 0.6 is 0 Å². The average molecular weight is 134 g/mol. The van der Waals surface area contributed by atoms with Gasteiger partial charge in [0.05, 0.1) is 0 Å². The van der Waals surface area contributed by atoms with E-state index in [1.165, 1.54) is 12.0 Å². The van der Waals surface area contributed by atoms with Gasteiger partial charge in [0.1, 0.15) is 0 Å². The van der Waals surface area contributed by atoms with Gasteiger partial charge < -0.3 is 0 Å². The molecule has 0 bridgehead atoms. The van der Waals surface area contributed by atoms with Crippen LogP contribution in [-0.4, -0.2) is 0 Å². The third kappa shape index (κ3) is 1.87. The van der Waals surface area contributed by atoms with E-state index in [1.54, 1.807) is 0 Å². The summed E-state index contributed by atoms with van der Waals surface area (Å²) in [5.41, 5.74) is 1.48. The van der Waals surface area contributed by atoms with Crippen LogP contribution in [0.5, 0.6) is 0 Å². The molecule has 0 saturated heterocycles. The molecule has 0 radical (unpaired) electrons. The molecule has 1 rings (SSSR count). The standard InChI is InChI=1S/C10H14/c1-3-5-10-7-4-6-9(2)8-10/h3-7,10H,8H2,1-2H3/b5-3-. The molecule has 1 aliphatic rings. The minimum atomic E-state index is 0.648. The highest BCUT2D eigenvalue weighted by atomic mass is 14.1. The minimum absolute atomic E-state index is 0.648. The highest BCUT2D eigenvalue weighted by molar-refractivity contribution is 5.20. The van der Waals surface area contributed by atoms with Gasteiger partial charge in [-0.05, 0) is 26.2 Å². The first-order valence-electron chi connectivity index (χ1n) is 3.79. The highest BCUT2D eigenvalue weighted by Gasteiger charge is 2.02. The Morgan fingerprint density at radius 3 is 3.00 bits per heavy atom. The molecule has 0 nitrogen and oxygen atoms in total. The van der Waals surface area contributed by atoms with Gasteiger partial charge in [0.25, 0.3) is 0 Å². The molecule has 1 unspecified atom stereocenters. The SMILES string of the molecule is C/C=C\C1C=CC=C(C)C1. The van der Waals surface area contributed by atoms with E-state index in [2.05, 4.69) is 44.2 Å². The zero-order valence-electron chi connectivity index (χ0n) is 6.67. The first-order chi connectivity index (χ1) is 4.83. The molecular weight excluding hydrogens is 120 g/mol. The van der Waals surface area contributed by atoms with Crippen molar-refractivity contribution in [1.82, 2.24) is 0 Å². The van der Waals surface area contributed by atoms with Crippen LogP contribution in [0.2, 0.25) is 0 Å². The Kier molecular flexibility index (Phi) is 2.49. The summed E-state index contributed by atoms with van der Waals surface area (Å²) >= 11 is 0. The van der Waals surface area contributed by atoms with E-state index in [0.29, 0.717) is 5.92 Å². The van der Waals surface area contributed by atoms with Crippen LogP contribution in [-0.2, 0) is 0 Å². The number of hydrogen-bond acceptors (Lipinski definition) is 0.